The monoisotopic (exact) mass is 441 g/mol. The number of carbonyl (C=O) groups excluding carboxylic acids is 1. The summed E-state index contributed by atoms with van der Waals surface area (Å²) in [6.07, 6.45) is 0.413. The molecule has 1 unspecified atom stereocenters. The molecule has 1 fully saturated rings. The lowest BCUT2D eigenvalue weighted by molar-refractivity contribution is 0.0681. The number of amides is 1. The van der Waals surface area contributed by atoms with Gasteiger partial charge in [0.25, 0.3) is 5.91 Å². The molecule has 1 atom stereocenters. The van der Waals surface area contributed by atoms with Crippen LogP contribution >= 0.6 is 23.2 Å². The highest BCUT2D eigenvalue weighted by molar-refractivity contribution is 7.91. The van der Waals surface area contributed by atoms with Gasteiger partial charge in [0.05, 0.1) is 28.7 Å². The number of rotatable bonds is 6. The van der Waals surface area contributed by atoms with Gasteiger partial charge in [0.2, 0.25) is 0 Å². The summed E-state index contributed by atoms with van der Waals surface area (Å²) in [5, 5.41) is 0.679. The van der Waals surface area contributed by atoms with Crippen LogP contribution in [0, 0.1) is 0 Å². The van der Waals surface area contributed by atoms with Crippen LogP contribution in [0.15, 0.2) is 42.5 Å². The summed E-state index contributed by atoms with van der Waals surface area (Å²) in [4.78, 5) is 14.8. The smallest absolute Gasteiger partial charge is 0.255 e. The number of nitrogens with zero attached hydrogens (tertiary/aromatic N) is 1. The Morgan fingerprint density at radius 1 is 1.18 bits per heavy atom. The quantitative estimate of drug-likeness (QED) is 0.672. The minimum Gasteiger partial charge on any atom is -0.494 e. The van der Waals surface area contributed by atoms with Crippen LogP contribution in [-0.2, 0) is 16.4 Å². The van der Waals surface area contributed by atoms with Gasteiger partial charge in [0.15, 0.2) is 9.84 Å². The van der Waals surface area contributed by atoms with Crippen LogP contribution in [0.5, 0.6) is 5.75 Å². The third-order valence-corrected chi connectivity index (χ3v) is 6.96. The number of sulfone groups is 1. The molecule has 5 nitrogen and oxygen atoms in total. The van der Waals surface area contributed by atoms with E-state index in [-0.39, 0.29) is 29.0 Å². The molecule has 3 rings (SSSR count). The summed E-state index contributed by atoms with van der Waals surface area (Å²) < 4.78 is 29.4. The van der Waals surface area contributed by atoms with Crippen LogP contribution in [0.25, 0.3) is 0 Å². The minimum absolute atomic E-state index is 0.0407. The summed E-state index contributed by atoms with van der Waals surface area (Å²) in [5.74, 6) is 0.478. The lowest BCUT2D eigenvalue weighted by Crippen LogP contribution is -2.40. The molecule has 1 heterocycles. The molecule has 2 aromatic rings. The van der Waals surface area contributed by atoms with Gasteiger partial charge in [-0.2, -0.15) is 0 Å². The van der Waals surface area contributed by atoms with Crippen LogP contribution in [0.4, 0.5) is 0 Å². The SMILES string of the molecule is CCOc1ccc(CN(C(=O)c2ccc(Cl)cc2Cl)C2CCS(=O)(=O)C2)cc1. The van der Waals surface area contributed by atoms with E-state index in [0.29, 0.717) is 23.6 Å². The topological polar surface area (TPSA) is 63.7 Å². The van der Waals surface area contributed by atoms with Gasteiger partial charge in [-0.3, -0.25) is 4.79 Å². The molecule has 0 aromatic heterocycles. The summed E-state index contributed by atoms with van der Waals surface area (Å²) >= 11 is 12.2. The fraction of sp³-hybridized carbons (Fsp3) is 0.350. The summed E-state index contributed by atoms with van der Waals surface area (Å²) in [5.41, 5.74) is 1.19. The lowest BCUT2D eigenvalue weighted by atomic mass is 10.1. The number of carbonyl (C=O) groups is 1. The van der Waals surface area contributed by atoms with Gasteiger partial charge in [-0.1, -0.05) is 35.3 Å². The van der Waals surface area contributed by atoms with E-state index in [1.807, 2.05) is 31.2 Å². The van der Waals surface area contributed by atoms with Crippen molar-refractivity contribution in [1.82, 2.24) is 4.90 Å². The molecule has 1 saturated heterocycles. The Balaban J connectivity index is 1.89. The average molecular weight is 442 g/mol. The zero-order valence-corrected chi connectivity index (χ0v) is 17.7. The molecular weight excluding hydrogens is 421 g/mol. The predicted molar refractivity (Wildman–Crippen MR) is 111 cm³/mol. The Labute approximate surface area is 175 Å². The molecule has 0 aliphatic carbocycles. The van der Waals surface area contributed by atoms with Gasteiger partial charge >= 0.3 is 0 Å². The molecule has 1 amide bonds. The third kappa shape index (κ3) is 4.99. The number of benzene rings is 2. The van der Waals surface area contributed by atoms with Crippen molar-refractivity contribution in [3.8, 4) is 5.75 Å². The Kier molecular flexibility index (Phi) is 6.53. The standard InChI is InChI=1S/C20H21Cl2NO4S/c1-2-27-17-6-3-14(4-7-17)12-23(16-9-10-28(25,26)13-16)20(24)18-8-5-15(21)11-19(18)22/h3-8,11,16H,2,9-10,12-13H2,1H3. The second-order valence-electron chi connectivity index (χ2n) is 6.69. The first-order chi connectivity index (χ1) is 13.3. The molecular formula is C20H21Cl2NO4S. The van der Waals surface area contributed by atoms with Gasteiger partial charge in [-0.25, -0.2) is 8.42 Å². The van der Waals surface area contributed by atoms with Crippen molar-refractivity contribution < 1.29 is 17.9 Å². The van der Waals surface area contributed by atoms with E-state index in [4.69, 9.17) is 27.9 Å². The first kappa shape index (κ1) is 21.0. The highest BCUT2D eigenvalue weighted by atomic mass is 35.5. The first-order valence-corrected chi connectivity index (χ1v) is 11.5. The molecule has 0 radical (unpaired) electrons. The van der Waals surface area contributed by atoms with Crippen LogP contribution in [-0.4, -0.2) is 43.4 Å². The van der Waals surface area contributed by atoms with Crippen LogP contribution in [0.2, 0.25) is 10.0 Å². The molecule has 0 bridgehead atoms. The maximum atomic E-state index is 13.2. The van der Waals surface area contributed by atoms with Gasteiger partial charge in [0.1, 0.15) is 5.75 Å². The Morgan fingerprint density at radius 3 is 2.46 bits per heavy atom. The van der Waals surface area contributed by atoms with E-state index < -0.39 is 15.9 Å². The third-order valence-electron chi connectivity index (χ3n) is 4.66. The van der Waals surface area contributed by atoms with E-state index in [9.17, 15) is 13.2 Å². The van der Waals surface area contributed by atoms with Crippen LogP contribution < -0.4 is 4.74 Å². The maximum absolute atomic E-state index is 13.2. The van der Waals surface area contributed by atoms with E-state index in [0.717, 1.165) is 11.3 Å². The van der Waals surface area contributed by atoms with Crippen molar-refractivity contribution in [1.29, 1.82) is 0 Å². The van der Waals surface area contributed by atoms with Gasteiger partial charge < -0.3 is 9.64 Å². The molecule has 0 N–H and O–H groups in total. The Morgan fingerprint density at radius 2 is 1.89 bits per heavy atom. The summed E-state index contributed by atoms with van der Waals surface area (Å²) in [7, 11) is -3.15. The molecule has 8 heteroatoms. The maximum Gasteiger partial charge on any atom is 0.255 e. The van der Waals surface area contributed by atoms with Crippen molar-refractivity contribution in [2.24, 2.45) is 0 Å². The number of ether oxygens (including phenoxy) is 1. The fourth-order valence-electron chi connectivity index (χ4n) is 3.26. The zero-order valence-electron chi connectivity index (χ0n) is 15.4. The van der Waals surface area contributed by atoms with Crippen molar-refractivity contribution in [2.75, 3.05) is 18.1 Å². The molecule has 150 valence electrons. The van der Waals surface area contributed by atoms with E-state index in [1.54, 1.807) is 17.0 Å². The van der Waals surface area contributed by atoms with Gasteiger partial charge in [-0.05, 0) is 49.2 Å². The normalized spacial score (nSPS) is 18.0. The first-order valence-electron chi connectivity index (χ1n) is 8.97. The van der Waals surface area contributed by atoms with Crippen molar-refractivity contribution in [2.45, 2.75) is 25.9 Å². The molecule has 2 aromatic carbocycles. The number of hydrogen-bond donors (Lipinski definition) is 0. The molecule has 1 aliphatic heterocycles. The highest BCUT2D eigenvalue weighted by Crippen LogP contribution is 2.27. The van der Waals surface area contributed by atoms with Gasteiger partial charge in [-0.15, -0.1) is 0 Å². The highest BCUT2D eigenvalue weighted by Gasteiger charge is 2.35. The Hall–Kier alpha value is -1.76. The second-order valence-corrected chi connectivity index (χ2v) is 9.76. The molecule has 0 saturated carbocycles. The molecule has 28 heavy (non-hydrogen) atoms. The second kappa shape index (κ2) is 8.72. The van der Waals surface area contributed by atoms with Crippen LogP contribution in [0.3, 0.4) is 0 Å². The average Bonchev–Trinajstić information content (AvgIpc) is 3.00. The largest absolute Gasteiger partial charge is 0.494 e. The van der Waals surface area contributed by atoms with E-state index in [1.165, 1.54) is 6.07 Å². The molecule has 1 aliphatic rings. The lowest BCUT2D eigenvalue weighted by Gasteiger charge is -2.29. The zero-order chi connectivity index (χ0) is 20.3. The van der Waals surface area contributed by atoms with Crippen LogP contribution in [0.1, 0.15) is 29.3 Å². The Bertz CT molecular complexity index is 961. The minimum atomic E-state index is -3.15. The van der Waals surface area contributed by atoms with E-state index >= 15 is 0 Å². The van der Waals surface area contributed by atoms with Crippen molar-refractivity contribution in [3.63, 3.8) is 0 Å². The number of halogens is 2. The van der Waals surface area contributed by atoms with Crippen molar-refractivity contribution in [3.05, 3.63) is 63.6 Å². The fourth-order valence-corrected chi connectivity index (χ4v) is 5.48. The summed E-state index contributed by atoms with van der Waals surface area (Å²) in [6, 6.07) is 11.7. The molecule has 0 spiro atoms. The predicted octanol–water partition coefficient (Wildman–Crippen LogP) is 4.22. The van der Waals surface area contributed by atoms with Gasteiger partial charge in [0, 0.05) is 17.6 Å². The summed E-state index contributed by atoms with van der Waals surface area (Å²) in [6.45, 7) is 2.76. The van der Waals surface area contributed by atoms with Crippen molar-refractivity contribution >= 4 is 38.9 Å². The van der Waals surface area contributed by atoms with E-state index in [2.05, 4.69) is 0 Å². The number of hydrogen-bond acceptors (Lipinski definition) is 4.